The fourth-order valence-corrected chi connectivity index (χ4v) is 1.04. The first-order chi connectivity index (χ1) is 6.18. The quantitative estimate of drug-likeness (QED) is 0.609. The van der Waals surface area contributed by atoms with Crippen LogP contribution >= 0.6 is 0 Å². The highest BCUT2D eigenvalue weighted by Gasteiger charge is 1.94. The molecule has 0 aromatic carbocycles. The molecule has 0 fully saturated rings. The van der Waals surface area contributed by atoms with Crippen molar-refractivity contribution in [3.63, 3.8) is 0 Å². The van der Waals surface area contributed by atoms with Gasteiger partial charge >= 0.3 is 0 Å². The van der Waals surface area contributed by atoms with Gasteiger partial charge in [-0.25, -0.2) is 0 Å². The second-order valence-electron chi connectivity index (χ2n) is 3.22. The van der Waals surface area contributed by atoms with Gasteiger partial charge in [0.1, 0.15) is 0 Å². The largest absolute Gasteiger partial charge is 0.402 e. The number of allylic oxidation sites excluding steroid dienone is 5. The molecule has 0 atom stereocenters. The lowest BCUT2D eigenvalue weighted by atomic mass is 10.2. The van der Waals surface area contributed by atoms with Gasteiger partial charge < -0.3 is 10.6 Å². The summed E-state index contributed by atoms with van der Waals surface area (Å²) >= 11 is 0. The Kier molecular flexibility index (Phi) is 3.38. The average molecular weight is 176 g/mol. The normalized spacial score (nSPS) is 25.2. The Morgan fingerprint density at radius 3 is 3.00 bits per heavy atom. The van der Waals surface area contributed by atoms with E-state index in [2.05, 4.69) is 11.5 Å². The maximum Gasteiger partial charge on any atom is 0.0223 e. The molecule has 1 aliphatic heterocycles. The van der Waals surface area contributed by atoms with Gasteiger partial charge in [-0.05, 0) is 23.9 Å². The minimum absolute atomic E-state index is 0.900. The van der Waals surface area contributed by atoms with Crippen LogP contribution in [-0.2, 0) is 0 Å². The molecule has 2 heteroatoms. The maximum absolute atomic E-state index is 5.76. The Hall–Kier alpha value is -1.44. The first-order valence-electron chi connectivity index (χ1n) is 4.38. The van der Waals surface area contributed by atoms with Gasteiger partial charge in [0.2, 0.25) is 0 Å². The van der Waals surface area contributed by atoms with Gasteiger partial charge in [0.05, 0.1) is 0 Å². The summed E-state index contributed by atoms with van der Waals surface area (Å²) in [4.78, 5) is 2.10. The van der Waals surface area contributed by atoms with Gasteiger partial charge in [0.25, 0.3) is 0 Å². The summed E-state index contributed by atoms with van der Waals surface area (Å²) in [5.74, 6) is 0. The van der Waals surface area contributed by atoms with E-state index in [0.29, 0.717) is 0 Å². The molecule has 0 aromatic heterocycles. The van der Waals surface area contributed by atoms with Crippen LogP contribution in [0.1, 0.15) is 6.42 Å². The van der Waals surface area contributed by atoms with Crippen LogP contribution in [0.2, 0.25) is 0 Å². The molecule has 0 aliphatic carbocycles. The average Bonchev–Trinajstić information content (AvgIpc) is 2.10. The highest BCUT2D eigenvalue weighted by molar-refractivity contribution is 5.30. The first kappa shape index (κ1) is 9.65. The third kappa shape index (κ3) is 3.65. The molecule has 0 saturated carbocycles. The molecule has 0 amide bonds. The zero-order valence-electron chi connectivity index (χ0n) is 8.03. The van der Waals surface area contributed by atoms with Crippen molar-refractivity contribution in [1.82, 2.24) is 4.90 Å². The first-order valence-corrected chi connectivity index (χ1v) is 4.38. The van der Waals surface area contributed by atoms with Crippen molar-refractivity contribution in [3.8, 4) is 0 Å². The van der Waals surface area contributed by atoms with E-state index >= 15 is 0 Å². The Morgan fingerprint density at radius 1 is 1.46 bits per heavy atom. The fourth-order valence-electron chi connectivity index (χ4n) is 1.04. The SMILES string of the molecule is C=C1C=CN(C)CC/C(N)=C\C=C/1. The lowest BCUT2D eigenvalue weighted by Crippen LogP contribution is -2.15. The molecule has 0 saturated heterocycles. The smallest absolute Gasteiger partial charge is 0.0223 e. The Bertz CT molecular complexity index is 272. The Morgan fingerprint density at radius 2 is 2.23 bits per heavy atom. The molecule has 1 rings (SSSR count). The predicted molar refractivity (Wildman–Crippen MR) is 56.9 cm³/mol. The number of hydrogen-bond acceptors (Lipinski definition) is 2. The van der Waals surface area contributed by atoms with E-state index in [1.165, 1.54) is 0 Å². The van der Waals surface area contributed by atoms with E-state index in [0.717, 1.165) is 24.2 Å². The fraction of sp³-hybridized carbons (Fsp3) is 0.273. The molecule has 2 N–H and O–H groups in total. The molecule has 0 bridgehead atoms. The standard InChI is InChI=1S/C11H16N2/c1-10-4-3-5-11(12)7-9-13(2)8-6-10/h3-6,8H,1,7,9,12H2,2H3/b4-3-,8-6?,11-5+. The summed E-state index contributed by atoms with van der Waals surface area (Å²) in [5, 5.41) is 0. The van der Waals surface area contributed by atoms with Crippen LogP contribution in [-0.4, -0.2) is 18.5 Å². The van der Waals surface area contributed by atoms with E-state index < -0.39 is 0 Å². The van der Waals surface area contributed by atoms with Crippen LogP contribution in [0.25, 0.3) is 0 Å². The number of hydrogen-bond donors (Lipinski definition) is 1. The Balaban J connectivity index is 2.76. The second-order valence-corrected chi connectivity index (χ2v) is 3.22. The topological polar surface area (TPSA) is 29.3 Å². The molecule has 13 heavy (non-hydrogen) atoms. The highest BCUT2D eigenvalue weighted by atomic mass is 15.1. The summed E-state index contributed by atoms with van der Waals surface area (Å²) in [5.41, 5.74) is 7.65. The maximum atomic E-state index is 5.76. The zero-order chi connectivity index (χ0) is 9.68. The van der Waals surface area contributed by atoms with Gasteiger partial charge in [-0.2, -0.15) is 0 Å². The van der Waals surface area contributed by atoms with E-state index in [1.807, 2.05) is 37.6 Å². The molecule has 70 valence electrons. The molecule has 1 heterocycles. The van der Waals surface area contributed by atoms with Crippen molar-refractivity contribution in [2.24, 2.45) is 5.73 Å². The molecule has 0 spiro atoms. The van der Waals surface area contributed by atoms with Crippen LogP contribution < -0.4 is 5.73 Å². The van der Waals surface area contributed by atoms with Crippen molar-refractivity contribution in [2.45, 2.75) is 6.42 Å². The molecular weight excluding hydrogens is 160 g/mol. The molecule has 0 aromatic rings. The van der Waals surface area contributed by atoms with Crippen molar-refractivity contribution in [3.05, 3.63) is 48.4 Å². The van der Waals surface area contributed by atoms with E-state index in [-0.39, 0.29) is 0 Å². The second kappa shape index (κ2) is 4.55. The van der Waals surface area contributed by atoms with E-state index in [9.17, 15) is 0 Å². The predicted octanol–water partition coefficient (Wildman–Crippen LogP) is 1.79. The minimum Gasteiger partial charge on any atom is -0.402 e. The highest BCUT2D eigenvalue weighted by Crippen LogP contribution is 2.03. The molecule has 1 aliphatic rings. The summed E-state index contributed by atoms with van der Waals surface area (Å²) in [6.45, 7) is 4.82. The number of rotatable bonds is 0. The molecule has 0 unspecified atom stereocenters. The van der Waals surface area contributed by atoms with Gasteiger partial charge in [0.15, 0.2) is 0 Å². The van der Waals surface area contributed by atoms with Crippen molar-refractivity contribution in [1.29, 1.82) is 0 Å². The summed E-state index contributed by atoms with van der Waals surface area (Å²) in [7, 11) is 2.03. The van der Waals surface area contributed by atoms with Gasteiger partial charge in [-0.15, -0.1) is 0 Å². The van der Waals surface area contributed by atoms with Crippen molar-refractivity contribution < 1.29 is 0 Å². The zero-order valence-corrected chi connectivity index (χ0v) is 8.03. The van der Waals surface area contributed by atoms with Crippen LogP contribution in [0.15, 0.2) is 48.4 Å². The van der Waals surface area contributed by atoms with Crippen LogP contribution in [0.3, 0.4) is 0 Å². The summed E-state index contributed by atoms with van der Waals surface area (Å²) in [6.07, 6.45) is 10.7. The number of nitrogens with two attached hydrogens (primary N) is 1. The van der Waals surface area contributed by atoms with Gasteiger partial charge in [0, 0.05) is 25.7 Å². The summed E-state index contributed by atoms with van der Waals surface area (Å²) in [6, 6.07) is 0. The van der Waals surface area contributed by atoms with Crippen LogP contribution in [0, 0.1) is 0 Å². The molecule has 0 radical (unpaired) electrons. The van der Waals surface area contributed by atoms with E-state index in [1.54, 1.807) is 0 Å². The lowest BCUT2D eigenvalue weighted by molar-refractivity contribution is 0.458. The Labute approximate surface area is 79.7 Å². The van der Waals surface area contributed by atoms with Crippen molar-refractivity contribution >= 4 is 0 Å². The van der Waals surface area contributed by atoms with Gasteiger partial charge in [-0.1, -0.05) is 18.7 Å². The lowest BCUT2D eigenvalue weighted by Gasteiger charge is -2.14. The number of nitrogens with zero attached hydrogens (tertiary/aromatic N) is 1. The third-order valence-electron chi connectivity index (χ3n) is 1.92. The summed E-state index contributed by atoms with van der Waals surface area (Å²) < 4.78 is 0. The van der Waals surface area contributed by atoms with Gasteiger partial charge in [-0.3, -0.25) is 0 Å². The molecular formula is C11H16N2. The monoisotopic (exact) mass is 176 g/mol. The minimum atomic E-state index is 0.900. The van der Waals surface area contributed by atoms with Crippen LogP contribution in [0.5, 0.6) is 0 Å². The van der Waals surface area contributed by atoms with Crippen molar-refractivity contribution in [2.75, 3.05) is 13.6 Å². The third-order valence-corrected chi connectivity index (χ3v) is 1.92. The van der Waals surface area contributed by atoms with Crippen LogP contribution in [0.4, 0.5) is 0 Å². The molecule has 2 nitrogen and oxygen atoms in total. The van der Waals surface area contributed by atoms with E-state index in [4.69, 9.17) is 5.73 Å².